The van der Waals surface area contributed by atoms with E-state index in [1.165, 1.54) is 0 Å². The van der Waals surface area contributed by atoms with Crippen LogP contribution in [0.5, 0.6) is 0 Å². The second-order valence-corrected chi connectivity index (χ2v) is 6.80. The van der Waals surface area contributed by atoms with Crippen molar-refractivity contribution >= 4 is 41.5 Å². The fraction of sp³-hybridized carbons (Fsp3) is 0.476. The van der Waals surface area contributed by atoms with Crippen LogP contribution in [0, 0.1) is 19.8 Å². The molecule has 1 unspecified atom stereocenters. The van der Waals surface area contributed by atoms with Gasteiger partial charge >= 0.3 is 0 Å². The van der Waals surface area contributed by atoms with Gasteiger partial charge in [0.2, 0.25) is 11.8 Å². The number of hydrogen-bond donors (Lipinski definition) is 3. The molecule has 3 N–H and O–H groups in total. The molecule has 0 aliphatic heterocycles. The SMILES string of the molecule is CCNC(=NCc1cccc(NC(=O)C(C)CC)c1)NCc1nc(C)c(C)o1.I. The molecule has 0 radical (unpaired) electrons. The van der Waals surface area contributed by atoms with Crippen LogP contribution in [-0.4, -0.2) is 23.4 Å². The molecule has 7 nitrogen and oxygen atoms in total. The molecule has 2 rings (SSSR count). The molecule has 0 saturated carbocycles. The van der Waals surface area contributed by atoms with Crippen LogP contribution in [0.25, 0.3) is 0 Å². The van der Waals surface area contributed by atoms with Gasteiger partial charge in [0.1, 0.15) is 5.76 Å². The number of guanidine groups is 1. The molecular weight excluding hydrogens is 481 g/mol. The van der Waals surface area contributed by atoms with Gasteiger partial charge in [-0.25, -0.2) is 9.98 Å². The Kier molecular flexibility index (Phi) is 10.7. The van der Waals surface area contributed by atoms with Crippen molar-refractivity contribution in [3.05, 3.63) is 47.2 Å². The molecule has 160 valence electrons. The third-order valence-corrected chi connectivity index (χ3v) is 4.50. The lowest BCUT2D eigenvalue weighted by Crippen LogP contribution is -2.36. The third kappa shape index (κ3) is 8.04. The number of nitrogens with one attached hydrogen (secondary N) is 3. The highest BCUT2D eigenvalue weighted by molar-refractivity contribution is 14.0. The minimum absolute atomic E-state index is 0. The number of oxazole rings is 1. The molecule has 0 spiro atoms. The lowest BCUT2D eigenvalue weighted by Gasteiger charge is -2.12. The second-order valence-electron chi connectivity index (χ2n) is 6.80. The third-order valence-electron chi connectivity index (χ3n) is 4.50. The smallest absolute Gasteiger partial charge is 0.227 e. The first-order valence-corrected chi connectivity index (χ1v) is 9.77. The minimum atomic E-state index is -0.00582. The van der Waals surface area contributed by atoms with Crippen LogP contribution in [0.3, 0.4) is 0 Å². The number of carbonyl (C=O) groups is 1. The highest BCUT2D eigenvalue weighted by Crippen LogP contribution is 2.14. The largest absolute Gasteiger partial charge is 0.444 e. The van der Waals surface area contributed by atoms with Crippen molar-refractivity contribution in [3.8, 4) is 0 Å². The van der Waals surface area contributed by atoms with Crippen molar-refractivity contribution in [2.24, 2.45) is 10.9 Å². The summed E-state index contributed by atoms with van der Waals surface area (Å²) in [6, 6.07) is 7.76. The van der Waals surface area contributed by atoms with Gasteiger partial charge in [-0.1, -0.05) is 26.0 Å². The monoisotopic (exact) mass is 513 g/mol. The van der Waals surface area contributed by atoms with E-state index in [0.717, 1.165) is 35.7 Å². The van der Waals surface area contributed by atoms with Crippen LogP contribution in [-0.2, 0) is 17.9 Å². The fourth-order valence-corrected chi connectivity index (χ4v) is 2.48. The predicted molar refractivity (Wildman–Crippen MR) is 128 cm³/mol. The number of halogens is 1. The number of rotatable bonds is 8. The van der Waals surface area contributed by atoms with Crippen LogP contribution in [0.1, 0.15) is 50.1 Å². The molecule has 29 heavy (non-hydrogen) atoms. The molecule has 1 aromatic heterocycles. The molecule has 1 atom stereocenters. The number of aliphatic imine (C=N–C) groups is 1. The van der Waals surface area contributed by atoms with E-state index in [0.29, 0.717) is 24.9 Å². The van der Waals surface area contributed by atoms with Crippen molar-refractivity contribution in [1.29, 1.82) is 0 Å². The van der Waals surface area contributed by atoms with Gasteiger partial charge in [0.05, 0.1) is 18.8 Å². The number of benzene rings is 1. The van der Waals surface area contributed by atoms with E-state index >= 15 is 0 Å². The number of amides is 1. The van der Waals surface area contributed by atoms with Gasteiger partial charge in [0.25, 0.3) is 0 Å². The zero-order valence-corrected chi connectivity index (χ0v) is 20.2. The number of carbonyl (C=O) groups excluding carboxylic acids is 1. The van der Waals surface area contributed by atoms with E-state index in [9.17, 15) is 4.79 Å². The Hall–Kier alpha value is -2.10. The maximum atomic E-state index is 12.1. The van der Waals surface area contributed by atoms with Gasteiger partial charge in [-0.05, 0) is 44.9 Å². The zero-order chi connectivity index (χ0) is 20.5. The quantitative estimate of drug-likeness (QED) is 0.280. The summed E-state index contributed by atoms with van der Waals surface area (Å²) in [5.74, 6) is 2.18. The topological polar surface area (TPSA) is 91.5 Å². The number of anilines is 1. The number of aromatic nitrogens is 1. The first-order chi connectivity index (χ1) is 13.4. The summed E-state index contributed by atoms with van der Waals surface area (Å²) in [6.45, 7) is 11.5. The minimum Gasteiger partial charge on any atom is -0.444 e. The lowest BCUT2D eigenvalue weighted by atomic mass is 10.1. The van der Waals surface area contributed by atoms with E-state index in [1.807, 2.05) is 58.9 Å². The summed E-state index contributed by atoms with van der Waals surface area (Å²) in [5, 5.41) is 9.40. The Morgan fingerprint density at radius 3 is 2.62 bits per heavy atom. The summed E-state index contributed by atoms with van der Waals surface area (Å²) in [6.07, 6.45) is 0.817. The van der Waals surface area contributed by atoms with E-state index in [2.05, 4.69) is 25.9 Å². The van der Waals surface area contributed by atoms with Crippen molar-refractivity contribution in [3.63, 3.8) is 0 Å². The molecule has 0 saturated heterocycles. The average molecular weight is 513 g/mol. The Bertz CT molecular complexity index is 800. The summed E-state index contributed by atoms with van der Waals surface area (Å²) >= 11 is 0. The predicted octanol–water partition coefficient (Wildman–Crippen LogP) is 4.15. The van der Waals surface area contributed by atoms with Crippen molar-refractivity contribution in [2.45, 2.75) is 54.1 Å². The standard InChI is InChI=1S/C21H31N5O2.HI/c1-6-14(3)20(27)26-18-10-8-9-17(11-18)12-23-21(22-7-2)24-13-19-25-15(4)16(5)28-19;/h8-11,14H,6-7,12-13H2,1-5H3,(H,26,27)(H2,22,23,24);1H. The summed E-state index contributed by atoms with van der Waals surface area (Å²) < 4.78 is 5.59. The van der Waals surface area contributed by atoms with Gasteiger partial charge in [0, 0.05) is 18.2 Å². The molecule has 0 aliphatic carbocycles. The normalized spacial score (nSPS) is 12.1. The molecule has 0 aliphatic rings. The second kappa shape index (κ2) is 12.5. The van der Waals surface area contributed by atoms with E-state index < -0.39 is 0 Å². The summed E-state index contributed by atoms with van der Waals surface area (Å²) in [4.78, 5) is 21.1. The molecule has 1 amide bonds. The highest BCUT2D eigenvalue weighted by Gasteiger charge is 2.10. The first-order valence-electron chi connectivity index (χ1n) is 9.77. The first kappa shape index (κ1) is 24.9. The lowest BCUT2D eigenvalue weighted by molar-refractivity contribution is -0.119. The maximum Gasteiger partial charge on any atom is 0.227 e. The molecular formula is C21H32IN5O2. The Labute approximate surface area is 190 Å². The van der Waals surface area contributed by atoms with Crippen molar-refractivity contribution < 1.29 is 9.21 Å². The number of nitrogens with zero attached hydrogens (tertiary/aromatic N) is 2. The van der Waals surface area contributed by atoms with Crippen LogP contribution >= 0.6 is 24.0 Å². The van der Waals surface area contributed by atoms with Gasteiger partial charge in [-0.15, -0.1) is 24.0 Å². The van der Waals surface area contributed by atoms with E-state index in [4.69, 9.17) is 4.42 Å². The molecule has 0 bridgehead atoms. The molecule has 1 aromatic carbocycles. The Balaban J connectivity index is 0.00000420. The molecule has 1 heterocycles. The van der Waals surface area contributed by atoms with Crippen LogP contribution in [0.15, 0.2) is 33.7 Å². The van der Waals surface area contributed by atoms with Crippen molar-refractivity contribution in [1.82, 2.24) is 15.6 Å². The summed E-state index contributed by atoms with van der Waals surface area (Å²) in [5.41, 5.74) is 2.71. The Morgan fingerprint density at radius 1 is 1.24 bits per heavy atom. The van der Waals surface area contributed by atoms with Crippen LogP contribution in [0.4, 0.5) is 5.69 Å². The zero-order valence-electron chi connectivity index (χ0n) is 17.8. The van der Waals surface area contributed by atoms with E-state index in [1.54, 1.807) is 0 Å². The highest BCUT2D eigenvalue weighted by atomic mass is 127. The van der Waals surface area contributed by atoms with Crippen LogP contribution < -0.4 is 16.0 Å². The van der Waals surface area contributed by atoms with Crippen molar-refractivity contribution in [2.75, 3.05) is 11.9 Å². The number of aryl methyl sites for hydroxylation is 2. The van der Waals surface area contributed by atoms with Gasteiger partial charge < -0.3 is 20.4 Å². The maximum absolute atomic E-state index is 12.1. The van der Waals surface area contributed by atoms with E-state index in [-0.39, 0.29) is 35.8 Å². The molecule has 2 aromatic rings. The molecule has 8 heteroatoms. The van der Waals surface area contributed by atoms with Gasteiger partial charge in [0.15, 0.2) is 5.96 Å². The van der Waals surface area contributed by atoms with Gasteiger partial charge in [-0.2, -0.15) is 0 Å². The number of hydrogen-bond acceptors (Lipinski definition) is 4. The van der Waals surface area contributed by atoms with Gasteiger partial charge in [-0.3, -0.25) is 4.79 Å². The summed E-state index contributed by atoms with van der Waals surface area (Å²) in [7, 11) is 0. The Morgan fingerprint density at radius 2 is 2.00 bits per heavy atom. The fourth-order valence-electron chi connectivity index (χ4n) is 2.48. The van der Waals surface area contributed by atoms with Crippen LogP contribution in [0.2, 0.25) is 0 Å². The average Bonchev–Trinajstić information content (AvgIpc) is 3.01. The molecule has 0 fully saturated rings.